The normalized spacial score (nSPS) is 21.0. The van der Waals surface area contributed by atoms with E-state index in [1.165, 1.54) is 6.33 Å². The molecule has 0 unspecified atom stereocenters. The molecule has 2 aromatic rings. The molecule has 1 N–H and O–H groups in total. The fourth-order valence-electron chi connectivity index (χ4n) is 2.54. The second-order valence-corrected chi connectivity index (χ2v) is 5.00. The number of ether oxygens (including phenoxy) is 2. The topological polar surface area (TPSA) is 93.2 Å². The third-order valence-electron chi connectivity index (χ3n) is 3.66. The van der Waals surface area contributed by atoms with Gasteiger partial charge in [-0.1, -0.05) is 0 Å². The van der Waals surface area contributed by atoms with E-state index in [-0.39, 0.29) is 24.7 Å². The predicted molar refractivity (Wildman–Crippen MR) is 76.0 cm³/mol. The maximum atomic E-state index is 12.4. The van der Waals surface area contributed by atoms with Crippen LogP contribution in [0.15, 0.2) is 30.9 Å². The first-order chi connectivity index (χ1) is 10.8. The first-order valence-electron chi connectivity index (χ1n) is 6.98. The minimum Gasteiger partial charge on any atom is -0.482 e. The number of rotatable bonds is 5. The average Bonchev–Trinajstić information content (AvgIpc) is 3.22. The van der Waals surface area contributed by atoms with Gasteiger partial charge in [-0.25, -0.2) is 4.98 Å². The van der Waals surface area contributed by atoms with E-state index >= 15 is 0 Å². The molecule has 2 atom stereocenters. The number of carbonyl (C=O) groups is 1. The van der Waals surface area contributed by atoms with Gasteiger partial charge in [0.15, 0.2) is 6.61 Å². The summed E-state index contributed by atoms with van der Waals surface area (Å²) in [5.74, 6) is 1.11. The number of hydrogen-bond acceptors (Lipinski definition) is 6. The lowest BCUT2D eigenvalue weighted by Crippen LogP contribution is -2.36. The molecule has 3 rings (SSSR count). The van der Waals surface area contributed by atoms with Crippen molar-refractivity contribution in [3.05, 3.63) is 36.7 Å². The molecule has 0 radical (unpaired) electrons. The van der Waals surface area contributed by atoms with E-state index in [1.807, 2.05) is 0 Å². The lowest BCUT2D eigenvalue weighted by molar-refractivity contribution is -0.134. The van der Waals surface area contributed by atoms with Crippen LogP contribution in [0.3, 0.4) is 0 Å². The monoisotopic (exact) mass is 303 g/mol. The van der Waals surface area contributed by atoms with Crippen molar-refractivity contribution in [3.63, 3.8) is 0 Å². The fraction of sp³-hybridized carbons (Fsp3) is 0.429. The standard InChI is InChI=1S/C14H17N5O3/c1-21-11-5-12(14-16-9-17-18-14)19(7-11)13(20)8-22-10-3-2-4-15-6-10/h2-4,6,9,11-12H,5,7-8H2,1H3,(H,16,17,18)/t11-,12+/m1/s1. The Morgan fingerprint density at radius 1 is 1.55 bits per heavy atom. The van der Waals surface area contributed by atoms with Gasteiger partial charge < -0.3 is 14.4 Å². The highest BCUT2D eigenvalue weighted by atomic mass is 16.5. The molecule has 1 amide bonds. The Morgan fingerprint density at radius 2 is 2.45 bits per heavy atom. The molecule has 22 heavy (non-hydrogen) atoms. The molecular formula is C14H17N5O3. The number of nitrogens with one attached hydrogen (secondary N) is 1. The van der Waals surface area contributed by atoms with Crippen molar-refractivity contribution >= 4 is 5.91 Å². The van der Waals surface area contributed by atoms with Crippen LogP contribution in [0.25, 0.3) is 0 Å². The summed E-state index contributed by atoms with van der Waals surface area (Å²) in [5, 5.41) is 6.67. The number of aromatic amines is 1. The molecule has 0 aliphatic carbocycles. The van der Waals surface area contributed by atoms with Crippen LogP contribution >= 0.6 is 0 Å². The highest BCUT2D eigenvalue weighted by Gasteiger charge is 2.38. The highest BCUT2D eigenvalue weighted by molar-refractivity contribution is 5.78. The molecular weight excluding hydrogens is 286 g/mol. The molecule has 1 aliphatic heterocycles. The lowest BCUT2D eigenvalue weighted by atomic mass is 10.2. The van der Waals surface area contributed by atoms with Crippen molar-refractivity contribution in [2.24, 2.45) is 0 Å². The largest absolute Gasteiger partial charge is 0.482 e. The summed E-state index contributed by atoms with van der Waals surface area (Å²) in [4.78, 5) is 22.3. The minimum absolute atomic E-state index is 0.0163. The van der Waals surface area contributed by atoms with Gasteiger partial charge in [0.2, 0.25) is 0 Å². The van der Waals surface area contributed by atoms with Gasteiger partial charge in [0.05, 0.1) is 18.3 Å². The summed E-state index contributed by atoms with van der Waals surface area (Å²) in [6.07, 6.45) is 5.33. The van der Waals surface area contributed by atoms with Crippen LogP contribution in [-0.2, 0) is 9.53 Å². The summed E-state index contributed by atoms with van der Waals surface area (Å²) in [6, 6.07) is 3.35. The summed E-state index contributed by atoms with van der Waals surface area (Å²) in [7, 11) is 1.64. The third-order valence-corrected chi connectivity index (χ3v) is 3.66. The fourth-order valence-corrected chi connectivity index (χ4v) is 2.54. The number of pyridine rings is 1. The number of likely N-dealkylation sites (tertiary alicyclic amines) is 1. The summed E-state index contributed by atoms with van der Waals surface area (Å²) in [6.45, 7) is 0.462. The Balaban J connectivity index is 1.66. The number of hydrogen-bond donors (Lipinski definition) is 1. The molecule has 0 spiro atoms. The van der Waals surface area contributed by atoms with Crippen molar-refractivity contribution in [2.75, 3.05) is 20.3 Å². The molecule has 1 saturated heterocycles. The zero-order valence-corrected chi connectivity index (χ0v) is 12.2. The molecule has 0 bridgehead atoms. The predicted octanol–water partition coefficient (Wildman–Crippen LogP) is 0.567. The van der Waals surface area contributed by atoms with Gasteiger partial charge in [0.25, 0.3) is 5.91 Å². The second kappa shape index (κ2) is 6.52. The SMILES string of the molecule is CO[C@@H]1C[C@@H](c2ncn[nH]2)N(C(=O)COc2cccnc2)C1. The number of methoxy groups -OCH3 is 1. The first kappa shape index (κ1) is 14.5. The average molecular weight is 303 g/mol. The molecule has 2 aromatic heterocycles. The summed E-state index contributed by atoms with van der Waals surface area (Å²) < 4.78 is 10.8. The Labute approximate surface area is 127 Å². The van der Waals surface area contributed by atoms with E-state index in [9.17, 15) is 4.79 Å². The van der Waals surface area contributed by atoms with Crippen molar-refractivity contribution in [3.8, 4) is 5.75 Å². The van der Waals surface area contributed by atoms with Crippen LogP contribution in [0.1, 0.15) is 18.3 Å². The zero-order chi connectivity index (χ0) is 15.4. The number of carbonyl (C=O) groups excluding carboxylic acids is 1. The number of amides is 1. The van der Waals surface area contributed by atoms with Crippen molar-refractivity contribution in [1.82, 2.24) is 25.1 Å². The summed E-state index contributed by atoms with van der Waals surface area (Å²) >= 11 is 0. The molecule has 0 aromatic carbocycles. The Kier molecular flexibility index (Phi) is 4.29. The quantitative estimate of drug-likeness (QED) is 0.868. The van der Waals surface area contributed by atoms with Crippen LogP contribution in [-0.4, -0.2) is 57.3 Å². The molecule has 116 valence electrons. The van der Waals surface area contributed by atoms with Crippen LogP contribution in [0.5, 0.6) is 5.75 Å². The van der Waals surface area contributed by atoms with E-state index in [2.05, 4.69) is 20.2 Å². The van der Waals surface area contributed by atoms with Crippen LogP contribution < -0.4 is 4.74 Å². The number of aromatic nitrogens is 4. The Hall–Kier alpha value is -2.48. The van der Waals surface area contributed by atoms with Gasteiger partial charge in [0.1, 0.15) is 17.9 Å². The van der Waals surface area contributed by atoms with Crippen molar-refractivity contribution in [2.45, 2.75) is 18.6 Å². The smallest absolute Gasteiger partial charge is 0.261 e. The van der Waals surface area contributed by atoms with E-state index in [0.717, 1.165) is 0 Å². The van der Waals surface area contributed by atoms with Gasteiger partial charge in [-0.3, -0.25) is 14.9 Å². The summed E-state index contributed by atoms with van der Waals surface area (Å²) in [5.41, 5.74) is 0. The van der Waals surface area contributed by atoms with E-state index in [1.54, 1.807) is 36.5 Å². The molecule has 1 aliphatic rings. The van der Waals surface area contributed by atoms with Gasteiger partial charge >= 0.3 is 0 Å². The molecule has 8 heteroatoms. The van der Waals surface area contributed by atoms with Crippen LogP contribution in [0.4, 0.5) is 0 Å². The molecule has 8 nitrogen and oxygen atoms in total. The number of nitrogens with zero attached hydrogens (tertiary/aromatic N) is 4. The van der Waals surface area contributed by atoms with Gasteiger partial charge in [-0.15, -0.1) is 0 Å². The van der Waals surface area contributed by atoms with Gasteiger partial charge in [-0.2, -0.15) is 5.10 Å². The third kappa shape index (κ3) is 3.06. The Bertz CT molecular complexity index is 604. The molecule has 0 saturated carbocycles. The highest BCUT2D eigenvalue weighted by Crippen LogP contribution is 2.31. The van der Waals surface area contributed by atoms with E-state index in [0.29, 0.717) is 24.5 Å². The van der Waals surface area contributed by atoms with E-state index in [4.69, 9.17) is 9.47 Å². The minimum atomic E-state index is -0.169. The van der Waals surface area contributed by atoms with Crippen molar-refractivity contribution < 1.29 is 14.3 Å². The zero-order valence-electron chi connectivity index (χ0n) is 12.2. The Morgan fingerprint density at radius 3 is 3.14 bits per heavy atom. The number of H-pyrrole nitrogens is 1. The van der Waals surface area contributed by atoms with E-state index < -0.39 is 0 Å². The lowest BCUT2D eigenvalue weighted by Gasteiger charge is -2.22. The van der Waals surface area contributed by atoms with Crippen LogP contribution in [0, 0.1) is 0 Å². The first-order valence-corrected chi connectivity index (χ1v) is 6.98. The second-order valence-electron chi connectivity index (χ2n) is 5.00. The van der Waals surface area contributed by atoms with Crippen molar-refractivity contribution in [1.29, 1.82) is 0 Å². The molecule has 1 fully saturated rings. The maximum absolute atomic E-state index is 12.4. The maximum Gasteiger partial charge on any atom is 0.261 e. The van der Waals surface area contributed by atoms with Gasteiger partial charge in [-0.05, 0) is 12.1 Å². The van der Waals surface area contributed by atoms with Gasteiger partial charge in [0, 0.05) is 26.3 Å². The molecule has 3 heterocycles. The van der Waals surface area contributed by atoms with Crippen LogP contribution in [0.2, 0.25) is 0 Å².